The second-order valence-electron chi connectivity index (χ2n) is 12.3. The Bertz CT molecular complexity index is 2450. The first-order valence-electron chi connectivity index (χ1n) is 16.0. The van der Waals surface area contributed by atoms with Gasteiger partial charge in [0.15, 0.2) is 0 Å². The van der Waals surface area contributed by atoms with E-state index in [0.717, 1.165) is 44.8 Å². The fourth-order valence-corrected chi connectivity index (χ4v) is 7.98. The lowest BCUT2D eigenvalue weighted by Crippen LogP contribution is -2.25. The monoisotopic (exact) mass is 597 g/mol. The van der Waals surface area contributed by atoms with E-state index in [4.69, 9.17) is 9.97 Å². The zero-order chi connectivity index (χ0) is 31.0. The van der Waals surface area contributed by atoms with Crippen LogP contribution in [-0.2, 0) is 5.41 Å². The number of pyridine rings is 1. The molecule has 0 unspecified atom stereocenters. The van der Waals surface area contributed by atoms with Crippen LogP contribution in [0.15, 0.2) is 164 Å². The Kier molecular flexibility index (Phi) is 5.49. The zero-order valence-corrected chi connectivity index (χ0v) is 25.4. The number of para-hydroxylation sites is 2. The zero-order valence-electron chi connectivity index (χ0n) is 25.4. The first kappa shape index (κ1) is 26.1. The molecule has 2 aliphatic rings. The van der Waals surface area contributed by atoms with E-state index in [2.05, 4.69) is 120 Å². The van der Waals surface area contributed by atoms with Crippen LogP contribution in [0.5, 0.6) is 0 Å². The van der Waals surface area contributed by atoms with Crippen LogP contribution < -0.4 is 0 Å². The molecule has 3 nitrogen and oxygen atoms in total. The molecule has 2 aliphatic carbocycles. The Morgan fingerprint density at radius 2 is 0.830 bits per heavy atom. The summed E-state index contributed by atoms with van der Waals surface area (Å²) < 4.78 is 0. The molecular formula is C44H27N3. The van der Waals surface area contributed by atoms with Crippen LogP contribution in [0.3, 0.4) is 0 Å². The minimum atomic E-state index is -0.413. The van der Waals surface area contributed by atoms with E-state index in [1.165, 1.54) is 44.5 Å². The Balaban J connectivity index is 1.23. The molecular weight excluding hydrogens is 571 g/mol. The smallest absolute Gasteiger partial charge is 0.0973 e. The van der Waals surface area contributed by atoms with Crippen molar-refractivity contribution in [2.45, 2.75) is 5.41 Å². The van der Waals surface area contributed by atoms with E-state index < -0.39 is 5.41 Å². The van der Waals surface area contributed by atoms with Gasteiger partial charge in [0.2, 0.25) is 0 Å². The molecule has 3 heteroatoms. The van der Waals surface area contributed by atoms with Crippen molar-refractivity contribution < 1.29 is 0 Å². The summed E-state index contributed by atoms with van der Waals surface area (Å²) in [5.74, 6) is 0. The predicted molar refractivity (Wildman–Crippen MR) is 190 cm³/mol. The number of hydrogen-bond donors (Lipinski definition) is 0. The fraction of sp³-hybridized carbons (Fsp3) is 0.0227. The summed E-state index contributed by atoms with van der Waals surface area (Å²) in [7, 11) is 0. The summed E-state index contributed by atoms with van der Waals surface area (Å²) in [6.45, 7) is 0. The molecule has 10 rings (SSSR count). The molecule has 0 atom stereocenters. The molecule has 47 heavy (non-hydrogen) atoms. The van der Waals surface area contributed by atoms with Gasteiger partial charge < -0.3 is 0 Å². The van der Waals surface area contributed by atoms with Crippen LogP contribution in [0.1, 0.15) is 22.3 Å². The largest absolute Gasteiger partial charge is 0.256 e. The fourth-order valence-electron chi connectivity index (χ4n) is 7.98. The molecule has 0 amide bonds. The van der Waals surface area contributed by atoms with Crippen LogP contribution in [0.2, 0.25) is 0 Å². The Morgan fingerprint density at radius 1 is 0.362 bits per heavy atom. The van der Waals surface area contributed by atoms with Crippen molar-refractivity contribution in [3.05, 3.63) is 186 Å². The quantitative estimate of drug-likeness (QED) is 0.203. The summed E-state index contributed by atoms with van der Waals surface area (Å²) in [4.78, 5) is 15.1. The van der Waals surface area contributed by atoms with Crippen molar-refractivity contribution in [3.8, 4) is 56.0 Å². The molecule has 0 saturated heterocycles. The van der Waals surface area contributed by atoms with Crippen molar-refractivity contribution in [1.82, 2.24) is 15.0 Å². The van der Waals surface area contributed by atoms with Gasteiger partial charge in [-0.25, -0.2) is 9.97 Å². The van der Waals surface area contributed by atoms with Gasteiger partial charge in [-0.3, -0.25) is 4.98 Å². The lowest BCUT2D eigenvalue weighted by atomic mass is 9.70. The van der Waals surface area contributed by atoms with Crippen molar-refractivity contribution in [2.24, 2.45) is 0 Å². The predicted octanol–water partition coefficient (Wildman–Crippen LogP) is 10.4. The van der Waals surface area contributed by atoms with Gasteiger partial charge in [0, 0.05) is 22.9 Å². The standard InChI is InChI=1S/C44H27N3/c1-4-14-35-31(11-1)32-12-2-5-15-36(32)44(35)37-16-6-3-13-33(37)34-25-24-30(27-38(34)44)43-42(46-40-18-7-8-19-41(40)47-43)29-22-20-28(21-23-29)39-17-9-10-26-45-39/h1-27H. The SMILES string of the molecule is c1ccc(-c2ccc(-c3nc4ccccc4nc3-c3ccc4c(c3)C3(c5ccccc5-c5ccccc53)c3ccccc3-4)cc2)nc1. The minimum Gasteiger partial charge on any atom is -0.256 e. The highest BCUT2D eigenvalue weighted by atomic mass is 14.8. The van der Waals surface area contributed by atoms with Crippen LogP contribution in [0.25, 0.3) is 67.1 Å². The minimum absolute atomic E-state index is 0.413. The van der Waals surface area contributed by atoms with Gasteiger partial charge in [0.25, 0.3) is 0 Å². The molecule has 0 N–H and O–H groups in total. The second-order valence-corrected chi connectivity index (χ2v) is 12.3. The van der Waals surface area contributed by atoms with Crippen molar-refractivity contribution >= 4 is 11.0 Å². The molecule has 218 valence electrons. The maximum atomic E-state index is 5.31. The van der Waals surface area contributed by atoms with Crippen molar-refractivity contribution in [3.63, 3.8) is 0 Å². The lowest BCUT2D eigenvalue weighted by Gasteiger charge is -2.30. The maximum absolute atomic E-state index is 5.31. The lowest BCUT2D eigenvalue weighted by molar-refractivity contribution is 0.794. The number of rotatable bonds is 3. The molecule has 0 bridgehead atoms. The Labute approximate surface area is 272 Å². The van der Waals surface area contributed by atoms with Gasteiger partial charge in [0.1, 0.15) is 0 Å². The van der Waals surface area contributed by atoms with Crippen LogP contribution in [0.4, 0.5) is 0 Å². The number of benzene rings is 6. The van der Waals surface area contributed by atoms with Crippen LogP contribution in [-0.4, -0.2) is 15.0 Å². The van der Waals surface area contributed by atoms with Crippen molar-refractivity contribution in [2.75, 3.05) is 0 Å². The highest BCUT2D eigenvalue weighted by Crippen LogP contribution is 2.63. The Hall–Kier alpha value is -6.19. The molecule has 0 saturated carbocycles. The summed E-state index contributed by atoms with van der Waals surface area (Å²) >= 11 is 0. The number of nitrogens with zero attached hydrogens (tertiary/aromatic N) is 3. The molecule has 0 fully saturated rings. The van der Waals surface area contributed by atoms with Gasteiger partial charge in [-0.1, -0.05) is 127 Å². The molecule has 2 aromatic heterocycles. The van der Waals surface area contributed by atoms with E-state index in [1.807, 2.05) is 48.7 Å². The molecule has 0 aliphatic heterocycles. The Morgan fingerprint density at radius 3 is 1.40 bits per heavy atom. The molecule has 0 radical (unpaired) electrons. The van der Waals surface area contributed by atoms with Gasteiger partial charge >= 0.3 is 0 Å². The van der Waals surface area contributed by atoms with Gasteiger partial charge in [-0.2, -0.15) is 0 Å². The third-order valence-electron chi connectivity index (χ3n) is 9.96. The number of aromatic nitrogens is 3. The first-order valence-corrected chi connectivity index (χ1v) is 16.0. The topological polar surface area (TPSA) is 38.7 Å². The van der Waals surface area contributed by atoms with E-state index in [-0.39, 0.29) is 0 Å². The van der Waals surface area contributed by atoms with E-state index in [9.17, 15) is 0 Å². The first-order chi connectivity index (χ1) is 23.3. The second kappa shape index (κ2) is 9.90. The average Bonchev–Trinajstić information content (AvgIpc) is 3.62. The van der Waals surface area contributed by atoms with E-state index >= 15 is 0 Å². The molecule has 1 spiro atoms. The summed E-state index contributed by atoms with van der Waals surface area (Å²) in [6, 6.07) is 56.4. The third kappa shape index (κ3) is 3.65. The average molecular weight is 598 g/mol. The van der Waals surface area contributed by atoms with Gasteiger partial charge in [-0.05, 0) is 74.8 Å². The number of hydrogen-bond acceptors (Lipinski definition) is 3. The van der Waals surface area contributed by atoms with Crippen LogP contribution in [0, 0.1) is 0 Å². The highest BCUT2D eigenvalue weighted by Gasteiger charge is 2.51. The molecule has 2 heterocycles. The third-order valence-corrected chi connectivity index (χ3v) is 9.96. The van der Waals surface area contributed by atoms with Gasteiger partial charge in [0.05, 0.1) is 33.5 Å². The highest BCUT2D eigenvalue weighted by molar-refractivity contribution is 5.96. The van der Waals surface area contributed by atoms with Gasteiger partial charge in [-0.15, -0.1) is 0 Å². The molecule has 8 aromatic rings. The number of fused-ring (bicyclic) bond motifs is 11. The maximum Gasteiger partial charge on any atom is 0.0973 e. The summed E-state index contributed by atoms with van der Waals surface area (Å²) in [5.41, 5.74) is 17.6. The normalized spacial score (nSPS) is 13.3. The molecule has 6 aromatic carbocycles. The summed E-state index contributed by atoms with van der Waals surface area (Å²) in [5, 5.41) is 0. The summed E-state index contributed by atoms with van der Waals surface area (Å²) in [6.07, 6.45) is 1.83. The van der Waals surface area contributed by atoms with Crippen LogP contribution >= 0.6 is 0 Å². The van der Waals surface area contributed by atoms with Crippen molar-refractivity contribution in [1.29, 1.82) is 0 Å². The van der Waals surface area contributed by atoms with E-state index in [1.54, 1.807) is 0 Å². The van der Waals surface area contributed by atoms with E-state index in [0.29, 0.717) is 0 Å².